The van der Waals surface area contributed by atoms with Crippen LogP contribution < -0.4 is 5.32 Å². The lowest BCUT2D eigenvalue weighted by molar-refractivity contribution is -0.141. The minimum Gasteiger partial charge on any atom is -0.320 e. The van der Waals surface area contributed by atoms with Crippen LogP contribution in [-0.4, -0.2) is 25.7 Å². The van der Waals surface area contributed by atoms with Crippen LogP contribution in [0.3, 0.4) is 0 Å². The molecule has 1 N–H and O–H groups in total. The van der Waals surface area contributed by atoms with Crippen molar-refractivity contribution in [2.45, 2.75) is 24.9 Å². The van der Waals surface area contributed by atoms with Gasteiger partial charge in [0.15, 0.2) is 11.5 Å². The summed E-state index contributed by atoms with van der Waals surface area (Å²) >= 11 is 11.9. The van der Waals surface area contributed by atoms with Crippen molar-refractivity contribution in [3.8, 4) is 5.82 Å². The van der Waals surface area contributed by atoms with Crippen LogP contribution in [0.15, 0.2) is 36.8 Å². The fourth-order valence-electron chi connectivity index (χ4n) is 2.79. The average Bonchev–Trinajstić information content (AvgIpc) is 3.39. The first-order chi connectivity index (χ1) is 13.7. The monoisotopic (exact) mass is 441 g/mol. The average molecular weight is 442 g/mol. The summed E-state index contributed by atoms with van der Waals surface area (Å²) in [5.74, 6) is -0.301. The molecular weight excluding hydrogens is 430 g/mol. The zero-order valence-corrected chi connectivity index (χ0v) is 16.1. The van der Waals surface area contributed by atoms with Gasteiger partial charge in [-0.15, -0.1) is 0 Å². The van der Waals surface area contributed by atoms with Crippen LogP contribution in [-0.2, 0) is 6.18 Å². The summed E-state index contributed by atoms with van der Waals surface area (Å²) in [6, 6.07) is 4.04. The predicted molar refractivity (Wildman–Crippen MR) is 101 cm³/mol. The Kier molecular flexibility index (Phi) is 4.95. The number of rotatable bonds is 4. The second-order valence-electron chi connectivity index (χ2n) is 6.48. The number of nitrogens with one attached hydrogen (secondary N) is 1. The molecule has 1 saturated carbocycles. The van der Waals surface area contributed by atoms with Crippen molar-refractivity contribution in [1.29, 1.82) is 0 Å². The summed E-state index contributed by atoms with van der Waals surface area (Å²) in [5, 5.41) is 6.44. The van der Waals surface area contributed by atoms with Crippen molar-refractivity contribution in [3.05, 3.63) is 63.8 Å². The van der Waals surface area contributed by atoms with E-state index in [1.54, 1.807) is 0 Å². The van der Waals surface area contributed by atoms with Gasteiger partial charge in [0.1, 0.15) is 0 Å². The van der Waals surface area contributed by atoms with Crippen molar-refractivity contribution in [1.82, 2.24) is 19.7 Å². The number of pyridine rings is 2. The number of amides is 1. The third-order valence-corrected chi connectivity index (χ3v) is 4.90. The highest BCUT2D eigenvalue weighted by Crippen LogP contribution is 2.42. The maximum absolute atomic E-state index is 13.0. The van der Waals surface area contributed by atoms with Crippen molar-refractivity contribution >= 4 is 34.8 Å². The number of carbonyl (C=O) groups excluding carboxylic acids is 1. The molecule has 1 aliphatic carbocycles. The molecule has 0 bridgehead atoms. The van der Waals surface area contributed by atoms with Crippen molar-refractivity contribution in [2.75, 3.05) is 5.32 Å². The summed E-state index contributed by atoms with van der Waals surface area (Å²) in [6.07, 6.45) is 0.987. The van der Waals surface area contributed by atoms with Gasteiger partial charge in [0.05, 0.1) is 27.5 Å². The number of carbonyl (C=O) groups is 1. The van der Waals surface area contributed by atoms with Gasteiger partial charge in [-0.2, -0.15) is 18.3 Å². The first kappa shape index (κ1) is 19.7. The standard InChI is InChI=1S/C18H12Cl2F3N5O/c19-11-7-24-8-12(20)16(11)17(29)26-10-3-4-15(25-6-10)28-13(9-1-2-9)5-14(27-28)18(21,22)23/h3-9H,1-2H2,(H,26,29). The quantitative estimate of drug-likeness (QED) is 0.609. The zero-order chi connectivity index (χ0) is 20.8. The van der Waals surface area contributed by atoms with E-state index < -0.39 is 17.8 Å². The Morgan fingerprint density at radius 3 is 2.38 bits per heavy atom. The highest BCUT2D eigenvalue weighted by Gasteiger charge is 2.38. The van der Waals surface area contributed by atoms with Gasteiger partial charge in [-0.25, -0.2) is 9.67 Å². The number of halogens is 5. The van der Waals surface area contributed by atoms with Crippen LogP contribution in [0.1, 0.15) is 40.5 Å². The van der Waals surface area contributed by atoms with Gasteiger partial charge < -0.3 is 5.32 Å². The first-order valence-electron chi connectivity index (χ1n) is 8.48. The molecule has 1 amide bonds. The van der Waals surface area contributed by atoms with E-state index in [2.05, 4.69) is 20.4 Å². The molecule has 0 saturated heterocycles. The maximum Gasteiger partial charge on any atom is 0.435 e. The molecule has 0 unspecified atom stereocenters. The molecule has 29 heavy (non-hydrogen) atoms. The molecule has 11 heteroatoms. The van der Waals surface area contributed by atoms with Gasteiger partial charge in [-0.1, -0.05) is 23.2 Å². The normalized spacial score (nSPS) is 14.1. The summed E-state index contributed by atoms with van der Waals surface area (Å²) in [4.78, 5) is 20.3. The number of hydrogen-bond acceptors (Lipinski definition) is 4. The molecule has 6 nitrogen and oxygen atoms in total. The van der Waals surface area contributed by atoms with Gasteiger partial charge >= 0.3 is 6.18 Å². The Morgan fingerprint density at radius 2 is 1.83 bits per heavy atom. The van der Waals surface area contributed by atoms with Crippen LogP contribution >= 0.6 is 23.2 Å². The number of hydrogen-bond donors (Lipinski definition) is 1. The minimum absolute atomic E-state index is 0.0377. The zero-order valence-electron chi connectivity index (χ0n) is 14.5. The molecule has 3 aromatic rings. The van der Waals surface area contributed by atoms with E-state index >= 15 is 0 Å². The third-order valence-electron chi connectivity index (χ3n) is 4.33. The molecule has 0 aliphatic heterocycles. The third kappa shape index (κ3) is 4.06. The van der Waals surface area contributed by atoms with Gasteiger partial charge in [-0.05, 0) is 31.0 Å². The molecule has 1 fully saturated rings. The van der Waals surface area contributed by atoms with E-state index in [-0.39, 0.29) is 27.3 Å². The number of aromatic nitrogens is 4. The second-order valence-corrected chi connectivity index (χ2v) is 7.29. The Labute approximate surface area is 172 Å². The summed E-state index contributed by atoms with van der Waals surface area (Å²) < 4.78 is 40.3. The minimum atomic E-state index is -4.54. The van der Waals surface area contributed by atoms with Crippen LogP contribution in [0.25, 0.3) is 5.82 Å². The smallest absolute Gasteiger partial charge is 0.320 e. The van der Waals surface area contributed by atoms with Gasteiger partial charge in [0, 0.05) is 24.0 Å². The summed E-state index contributed by atoms with van der Waals surface area (Å²) in [7, 11) is 0. The Bertz CT molecular complexity index is 1060. The van der Waals surface area contributed by atoms with Crippen LogP contribution in [0.4, 0.5) is 18.9 Å². The van der Waals surface area contributed by atoms with E-state index in [4.69, 9.17) is 23.2 Å². The van der Waals surface area contributed by atoms with Gasteiger partial charge in [-0.3, -0.25) is 9.78 Å². The van der Waals surface area contributed by atoms with E-state index in [0.717, 1.165) is 18.9 Å². The van der Waals surface area contributed by atoms with E-state index in [0.29, 0.717) is 11.4 Å². The van der Waals surface area contributed by atoms with Gasteiger partial charge in [0.25, 0.3) is 5.91 Å². The molecule has 0 radical (unpaired) electrons. The first-order valence-corrected chi connectivity index (χ1v) is 9.23. The van der Waals surface area contributed by atoms with Crippen LogP contribution in [0.5, 0.6) is 0 Å². The SMILES string of the molecule is O=C(Nc1ccc(-n2nc(C(F)(F)F)cc2C2CC2)nc1)c1c(Cl)cncc1Cl. The second kappa shape index (κ2) is 7.31. The Balaban J connectivity index is 1.59. The molecule has 3 heterocycles. The molecule has 0 spiro atoms. The number of nitrogens with zero attached hydrogens (tertiary/aromatic N) is 4. The molecule has 3 aromatic heterocycles. The predicted octanol–water partition coefficient (Wildman–Crippen LogP) is 5.12. The molecular formula is C18H12Cl2F3N5O. The highest BCUT2D eigenvalue weighted by molar-refractivity contribution is 6.40. The van der Waals surface area contributed by atoms with Crippen molar-refractivity contribution in [2.24, 2.45) is 0 Å². The van der Waals surface area contributed by atoms with E-state index in [1.165, 1.54) is 35.4 Å². The van der Waals surface area contributed by atoms with Crippen molar-refractivity contribution in [3.63, 3.8) is 0 Å². The Hall–Kier alpha value is -2.65. The highest BCUT2D eigenvalue weighted by atomic mass is 35.5. The fraction of sp³-hybridized carbons (Fsp3) is 0.222. The van der Waals surface area contributed by atoms with Gasteiger partial charge in [0.2, 0.25) is 0 Å². The van der Waals surface area contributed by atoms with E-state index in [1.807, 2.05) is 0 Å². The molecule has 1 aliphatic rings. The molecule has 0 atom stereocenters. The summed E-state index contributed by atoms with van der Waals surface area (Å²) in [5.41, 5.74) is -0.110. The maximum atomic E-state index is 13.0. The Morgan fingerprint density at radius 1 is 1.14 bits per heavy atom. The molecule has 4 rings (SSSR count). The fourth-order valence-corrected chi connectivity index (χ4v) is 3.33. The topological polar surface area (TPSA) is 72.7 Å². The largest absolute Gasteiger partial charge is 0.435 e. The van der Waals surface area contributed by atoms with E-state index in [9.17, 15) is 18.0 Å². The lowest BCUT2D eigenvalue weighted by atomic mass is 10.2. The number of anilines is 1. The summed E-state index contributed by atoms with van der Waals surface area (Å²) in [6.45, 7) is 0. The lowest BCUT2D eigenvalue weighted by Gasteiger charge is -2.09. The van der Waals surface area contributed by atoms with Crippen molar-refractivity contribution < 1.29 is 18.0 Å². The lowest BCUT2D eigenvalue weighted by Crippen LogP contribution is -2.14. The van der Waals surface area contributed by atoms with Crippen LogP contribution in [0.2, 0.25) is 10.0 Å². The molecule has 150 valence electrons. The molecule has 0 aromatic carbocycles. The van der Waals surface area contributed by atoms with Crippen LogP contribution in [0, 0.1) is 0 Å². The number of alkyl halides is 3.